The van der Waals surface area contributed by atoms with E-state index >= 15 is 0 Å². The molecular weight excluding hydrogens is 186 g/mol. The van der Waals surface area contributed by atoms with E-state index in [-0.39, 0.29) is 0 Å². The summed E-state index contributed by atoms with van der Waals surface area (Å²) in [5, 5.41) is 12.2. The molecule has 0 aromatic carbocycles. The fraction of sp³-hybridized carbons (Fsp3) is 1.00. The molecule has 0 spiro atoms. The molecule has 15 heavy (non-hydrogen) atoms. The van der Waals surface area contributed by atoms with Gasteiger partial charge in [0.2, 0.25) is 0 Å². The third-order valence-corrected chi connectivity index (χ3v) is 3.74. The minimum absolute atomic E-state index is 0.337. The summed E-state index contributed by atoms with van der Waals surface area (Å²) in [5.41, 5.74) is 0. The van der Waals surface area contributed by atoms with E-state index in [1.54, 1.807) is 0 Å². The minimum atomic E-state index is 0.337. The molecule has 0 aromatic rings. The molecule has 0 radical (unpaired) electrons. The van der Waals surface area contributed by atoms with Gasteiger partial charge >= 0.3 is 0 Å². The first-order chi connectivity index (χ1) is 7.36. The Hall–Kier alpha value is -0.0800. The highest BCUT2D eigenvalue weighted by Gasteiger charge is 2.19. The quantitative estimate of drug-likeness (QED) is 0.637. The second kappa shape index (κ2) is 8.12. The fourth-order valence-corrected chi connectivity index (χ4v) is 2.51. The van der Waals surface area contributed by atoms with E-state index in [4.69, 9.17) is 5.11 Å². The van der Waals surface area contributed by atoms with Crippen LogP contribution in [0.5, 0.6) is 0 Å². The molecule has 2 nitrogen and oxygen atoms in total. The second-order valence-corrected chi connectivity index (χ2v) is 4.93. The van der Waals surface area contributed by atoms with E-state index in [1.165, 1.54) is 38.6 Å². The van der Waals surface area contributed by atoms with Gasteiger partial charge in [-0.25, -0.2) is 0 Å². The molecule has 0 aliphatic heterocycles. The molecule has 0 heterocycles. The summed E-state index contributed by atoms with van der Waals surface area (Å²) in [6.45, 7) is 4.93. The lowest BCUT2D eigenvalue weighted by Crippen LogP contribution is -2.27. The Labute approximate surface area is 94.5 Å². The Kier molecular flexibility index (Phi) is 7.03. The van der Waals surface area contributed by atoms with Gasteiger partial charge in [-0.2, -0.15) is 0 Å². The van der Waals surface area contributed by atoms with E-state index in [9.17, 15) is 0 Å². The largest absolute Gasteiger partial charge is 0.396 e. The van der Waals surface area contributed by atoms with Crippen LogP contribution in [0.4, 0.5) is 0 Å². The van der Waals surface area contributed by atoms with Crippen LogP contribution in [0.2, 0.25) is 0 Å². The van der Waals surface area contributed by atoms with Crippen LogP contribution in [0.25, 0.3) is 0 Å². The summed E-state index contributed by atoms with van der Waals surface area (Å²) in [4.78, 5) is 0. The van der Waals surface area contributed by atoms with E-state index in [0.717, 1.165) is 31.2 Å². The van der Waals surface area contributed by atoms with Gasteiger partial charge < -0.3 is 10.4 Å². The smallest absolute Gasteiger partial charge is 0.0431 e. The van der Waals surface area contributed by atoms with Crippen molar-refractivity contribution >= 4 is 0 Å². The molecule has 1 aliphatic rings. The summed E-state index contributed by atoms with van der Waals surface area (Å²) in [6.07, 6.45) is 9.16. The number of hydrogen-bond acceptors (Lipinski definition) is 2. The van der Waals surface area contributed by atoms with Crippen molar-refractivity contribution in [3.05, 3.63) is 0 Å². The molecule has 0 saturated heterocycles. The van der Waals surface area contributed by atoms with Crippen molar-refractivity contribution in [2.24, 2.45) is 11.8 Å². The van der Waals surface area contributed by atoms with Crippen molar-refractivity contribution in [3.63, 3.8) is 0 Å². The van der Waals surface area contributed by atoms with Crippen LogP contribution in [0.15, 0.2) is 0 Å². The first-order valence-corrected chi connectivity index (χ1v) is 6.68. The highest BCUT2D eigenvalue weighted by Crippen LogP contribution is 2.29. The summed E-state index contributed by atoms with van der Waals surface area (Å²) >= 11 is 0. The third-order valence-electron chi connectivity index (χ3n) is 3.74. The molecule has 2 heteroatoms. The van der Waals surface area contributed by atoms with Gasteiger partial charge in [0.1, 0.15) is 0 Å². The normalized spacial score (nSPS) is 26.8. The van der Waals surface area contributed by atoms with Gasteiger partial charge in [-0.15, -0.1) is 0 Å². The monoisotopic (exact) mass is 213 g/mol. The van der Waals surface area contributed by atoms with Crippen LogP contribution in [0.1, 0.15) is 51.9 Å². The van der Waals surface area contributed by atoms with E-state index < -0.39 is 0 Å². The number of unbranched alkanes of at least 4 members (excludes halogenated alkanes) is 1. The lowest BCUT2D eigenvalue weighted by Gasteiger charge is -2.27. The molecule has 2 N–H and O–H groups in total. The summed E-state index contributed by atoms with van der Waals surface area (Å²) in [7, 11) is 0. The number of rotatable bonds is 7. The highest BCUT2D eigenvalue weighted by atomic mass is 16.2. The van der Waals surface area contributed by atoms with Crippen molar-refractivity contribution in [2.45, 2.75) is 51.9 Å². The zero-order valence-electron chi connectivity index (χ0n) is 10.2. The van der Waals surface area contributed by atoms with Crippen molar-refractivity contribution in [3.8, 4) is 0 Å². The number of aliphatic hydroxyl groups excluding tert-OH is 1. The molecular formula is C13H27NO. The lowest BCUT2D eigenvalue weighted by molar-refractivity contribution is 0.259. The van der Waals surface area contributed by atoms with Gasteiger partial charge in [-0.1, -0.05) is 26.2 Å². The maximum atomic E-state index is 8.64. The second-order valence-electron chi connectivity index (χ2n) is 4.93. The summed E-state index contributed by atoms with van der Waals surface area (Å²) in [6, 6.07) is 0. The minimum Gasteiger partial charge on any atom is -0.396 e. The van der Waals surface area contributed by atoms with Crippen LogP contribution < -0.4 is 5.32 Å². The Balaban J connectivity index is 1.94. The lowest BCUT2D eigenvalue weighted by atomic mass is 9.81. The topological polar surface area (TPSA) is 32.3 Å². The van der Waals surface area contributed by atoms with Crippen LogP contribution in [-0.4, -0.2) is 24.8 Å². The van der Waals surface area contributed by atoms with Gasteiger partial charge in [0, 0.05) is 6.61 Å². The molecule has 0 amide bonds. The molecule has 1 aliphatic carbocycles. The zero-order valence-corrected chi connectivity index (χ0v) is 10.2. The Morgan fingerprint density at radius 2 is 1.73 bits per heavy atom. The van der Waals surface area contributed by atoms with Crippen LogP contribution in [0, 0.1) is 11.8 Å². The van der Waals surface area contributed by atoms with Crippen molar-refractivity contribution < 1.29 is 5.11 Å². The SMILES string of the molecule is CCC1CCC(CNCCCCO)CC1. The Bertz CT molecular complexity index is 141. The predicted octanol–water partition coefficient (Wildman–Crippen LogP) is 2.56. The van der Waals surface area contributed by atoms with Crippen molar-refractivity contribution in [2.75, 3.05) is 19.7 Å². The third kappa shape index (κ3) is 5.53. The van der Waals surface area contributed by atoms with Crippen LogP contribution >= 0.6 is 0 Å². The highest BCUT2D eigenvalue weighted by molar-refractivity contribution is 4.73. The fourth-order valence-electron chi connectivity index (χ4n) is 2.51. The Morgan fingerprint density at radius 3 is 2.33 bits per heavy atom. The maximum absolute atomic E-state index is 8.64. The van der Waals surface area contributed by atoms with Gasteiger partial charge in [-0.3, -0.25) is 0 Å². The molecule has 1 saturated carbocycles. The Morgan fingerprint density at radius 1 is 1.07 bits per heavy atom. The van der Waals surface area contributed by atoms with E-state index in [2.05, 4.69) is 12.2 Å². The van der Waals surface area contributed by atoms with Crippen molar-refractivity contribution in [1.29, 1.82) is 0 Å². The number of hydrogen-bond donors (Lipinski definition) is 2. The average molecular weight is 213 g/mol. The molecule has 90 valence electrons. The first-order valence-electron chi connectivity index (χ1n) is 6.68. The van der Waals surface area contributed by atoms with Crippen LogP contribution in [0.3, 0.4) is 0 Å². The number of nitrogens with one attached hydrogen (secondary N) is 1. The first kappa shape index (κ1) is 13.0. The predicted molar refractivity (Wildman–Crippen MR) is 64.9 cm³/mol. The van der Waals surface area contributed by atoms with E-state index in [1.807, 2.05) is 0 Å². The molecule has 0 bridgehead atoms. The maximum Gasteiger partial charge on any atom is 0.0431 e. The molecule has 1 rings (SSSR count). The average Bonchev–Trinajstić information content (AvgIpc) is 2.30. The molecule has 0 unspecified atom stereocenters. The van der Waals surface area contributed by atoms with Gasteiger partial charge in [-0.05, 0) is 50.6 Å². The summed E-state index contributed by atoms with van der Waals surface area (Å²) < 4.78 is 0. The molecule has 1 fully saturated rings. The standard InChI is InChI=1S/C13H27NO/c1-2-12-5-7-13(8-6-12)11-14-9-3-4-10-15/h12-15H,2-11H2,1H3. The van der Waals surface area contributed by atoms with Gasteiger partial charge in [0.05, 0.1) is 0 Å². The van der Waals surface area contributed by atoms with E-state index in [0.29, 0.717) is 6.61 Å². The van der Waals surface area contributed by atoms with Gasteiger partial charge in [0.25, 0.3) is 0 Å². The molecule has 0 aromatic heterocycles. The van der Waals surface area contributed by atoms with Crippen LogP contribution in [-0.2, 0) is 0 Å². The van der Waals surface area contributed by atoms with Gasteiger partial charge in [0.15, 0.2) is 0 Å². The number of aliphatic hydroxyl groups is 1. The summed E-state index contributed by atoms with van der Waals surface area (Å²) in [5.74, 6) is 1.93. The zero-order chi connectivity index (χ0) is 10.9. The van der Waals surface area contributed by atoms with Crippen molar-refractivity contribution in [1.82, 2.24) is 5.32 Å². The molecule has 0 atom stereocenters.